The van der Waals surface area contributed by atoms with Gasteiger partial charge in [0.1, 0.15) is 17.4 Å². The van der Waals surface area contributed by atoms with Crippen LogP contribution < -0.4 is 15.2 Å². The van der Waals surface area contributed by atoms with Crippen molar-refractivity contribution < 1.29 is 13.9 Å². The van der Waals surface area contributed by atoms with E-state index in [2.05, 4.69) is 15.1 Å². The summed E-state index contributed by atoms with van der Waals surface area (Å²) in [6, 6.07) is 7.64. The summed E-state index contributed by atoms with van der Waals surface area (Å²) >= 11 is 0. The fourth-order valence-electron chi connectivity index (χ4n) is 3.28. The van der Waals surface area contributed by atoms with Gasteiger partial charge in [-0.3, -0.25) is 0 Å². The number of hydrogen-bond acceptors (Lipinski definition) is 7. The molecule has 0 saturated heterocycles. The van der Waals surface area contributed by atoms with E-state index in [9.17, 15) is 0 Å². The van der Waals surface area contributed by atoms with Gasteiger partial charge in [-0.1, -0.05) is 0 Å². The summed E-state index contributed by atoms with van der Waals surface area (Å²) < 4.78 is 19.2. The van der Waals surface area contributed by atoms with E-state index >= 15 is 0 Å². The van der Waals surface area contributed by atoms with Gasteiger partial charge in [-0.2, -0.15) is 0 Å². The zero-order valence-corrected chi connectivity index (χ0v) is 14.8. The van der Waals surface area contributed by atoms with Crippen LogP contribution in [0, 0.1) is 0 Å². The van der Waals surface area contributed by atoms with Gasteiger partial charge in [0, 0.05) is 24.4 Å². The highest BCUT2D eigenvalue weighted by Gasteiger charge is 2.28. The maximum atomic E-state index is 6.00. The van der Waals surface area contributed by atoms with E-state index in [1.807, 2.05) is 31.2 Å². The van der Waals surface area contributed by atoms with E-state index in [1.54, 1.807) is 16.9 Å². The average molecular weight is 365 g/mol. The van der Waals surface area contributed by atoms with Gasteiger partial charge < -0.3 is 19.6 Å². The zero-order valence-electron chi connectivity index (χ0n) is 14.8. The van der Waals surface area contributed by atoms with Crippen molar-refractivity contribution in [2.75, 3.05) is 6.61 Å². The van der Waals surface area contributed by atoms with Gasteiger partial charge in [-0.25, -0.2) is 14.5 Å². The number of fused-ring (bicyclic) bond motifs is 2. The van der Waals surface area contributed by atoms with Gasteiger partial charge in [-0.05, 0) is 31.9 Å². The summed E-state index contributed by atoms with van der Waals surface area (Å²) in [5.74, 6) is 1.74. The number of aromatic nitrogens is 4. The molecular weight excluding hydrogens is 346 g/mol. The largest absolute Gasteiger partial charge is 0.477 e. The molecule has 1 saturated carbocycles. The molecule has 5 rings (SSSR count). The second kappa shape index (κ2) is 6.24. The maximum Gasteiger partial charge on any atom is 0.232 e. The van der Waals surface area contributed by atoms with Crippen LogP contribution in [0.4, 0.5) is 0 Å². The minimum Gasteiger partial charge on any atom is -0.477 e. The normalized spacial score (nSPS) is 19.3. The summed E-state index contributed by atoms with van der Waals surface area (Å²) in [6.45, 7) is 2.46. The van der Waals surface area contributed by atoms with Crippen LogP contribution in [0.25, 0.3) is 28.1 Å². The Kier molecular flexibility index (Phi) is 3.71. The van der Waals surface area contributed by atoms with Crippen LogP contribution in [0.3, 0.4) is 0 Å². The SMILES string of the molecule is CCOc1nccc2oc(-c3cnc4ccc(OC5CC(N)C5)nn34)cc12. The third-order valence-electron chi connectivity index (χ3n) is 4.70. The number of furan rings is 1. The molecule has 4 aromatic rings. The first-order valence-corrected chi connectivity index (χ1v) is 9.00. The molecule has 4 heterocycles. The van der Waals surface area contributed by atoms with Crippen LogP contribution in [0.15, 0.2) is 41.1 Å². The molecule has 1 aliphatic carbocycles. The maximum absolute atomic E-state index is 6.00. The molecule has 0 aromatic carbocycles. The molecule has 1 fully saturated rings. The van der Waals surface area contributed by atoms with E-state index in [4.69, 9.17) is 19.6 Å². The molecule has 27 heavy (non-hydrogen) atoms. The number of ether oxygens (including phenoxy) is 2. The fourth-order valence-corrected chi connectivity index (χ4v) is 3.28. The zero-order chi connectivity index (χ0) is 18.4. The highest BCUT2D eigenvalue weighted by atomic mass is 16.5. The average Bonchev–Trinajstić information content (AvgIpc) is 3.24. The summed E-state index contributed by atoms with van der Waals surface area (Å²) in [4.78, 5) is 8.68. The molecule has 0 spiro atoms. The van der Waals surface area contributed by atoms with E-state index in [0.29, 0.717) is 35.4 Å². The van der Waals surface area contributed by atoms with Crippen molar-refractivity contribution >= 4 is 16.6 Å². The third-order valence-corrected chi connectivity index (χ3v) is 4.70. The topological polar surface area (TPSA) is 101 Å². The number of pyridine rings is 1. The molecule has 2 N–H and O–H groups in total. The Morgan fingerprint density at radius 3 is 2.96 bits per heavy atom. The lowest BCUT2D eigenvalue weighted by molar-refractivity contribution is 0.0944. The second-order valence-corrected chi connectivity index (χ2v) is 6.63. The van der Waals surface area contributed by atoms with Crippen molar-refractivity contribution in [3.05, 3.63) is 36.7 Å². The van der Waals surface area contributed by atoms with Gasteiger partial charge in [0.05, 0.1) is 18.2 Å². The molecule has 8 heteroatoms. The van der Waals surface area contributed by atoms with Gasteiger partial charge in [-0.15, -0.1) is 5.10 Å². The Hall–Kier alpha value is -3.13. The first-order valence-electron chi connectivity index (χ1n) is 9.00. The second-order valence-electron chi connectivity index (χ2n) is 6.63. The molecule has 138 valence electrons. The molecule has 8 nitrogen and oxygen atoms in total. The van der Waals surface area contributed by atoms with Crippen LogP contribution in [-0.2, 0) is 0 Å². The Balaban J connectivity index is 1.54. The molecular formula is C19H19N5O3. The van der Waals surface area contributed by atoms with Gasteiger partial charge in [0.2, 0.25) is 11.8 Å². The molecule has 0 radical (unpaired) electrons. The Labute approximate surface area is 154 Å². The molecule has 0 aliphatic heterocycles. The lowest BCUT2D eigenvalue weighted by Gasteiger charge is -2.31. The monoisotopic (exact) mass is 365 g/mol. The molecule has 0 bridgehead atoms. The Morgan fingerprint density at radius 2 is 2.15 bits per heavy atom. The minimum atomic E-state index is 0.128. The van der Waals surface area contributed by atoms with Crippen LogP contribution in [0.5, 0.6) is 11.8 Å². The van der Waals surface area contributed by atoms with E-state index in [-0.39, 0.29) is 12.1 Å². The van der Waals surface area contributed by atoms with Crippen molar-refractivity contribution in [1.29, 1.82) is 0 Å². The van der Waals surface area contributed by atoms with Crippen molar-refractivity contribution in [3.63, 3.8) is 0 Å². The highest BCUT2D eigenvalue weighted by molar-refractivity contribution is 5.86. The van der Waals surface area contributed by atoms with Crippen LogP contribution >= 0.6 is 0 Å². The van der Waals surface area contributed by atoms with Crippen LogP contribution in [0.1, 0.15) is 19.8 Å². The molecule has 0 atom stereocenters. The quantitative estimate of drug-likeness (QED) is 0.580. The van der Waals surface area contributed by atoms with Crippen molar-refractivity contribution in [3.8, 4) is 23.2 Å². The first kappa shape index (κ1) is 16.1. The summed E-state index contributed by atoms with van der Waals surface area (Å²) in [5.41, 5.74) is 7.98. The number of hydrogen-bond donors (Lipinski definition) is 1. The van der Waals surface area contributed by atoms with Crippen LogP contribution in [0.2, 0.25) is 0 Å². The van der Waals surface area contributed by atoms with E-state index in [1.165, 1.54) is 0 Å². The number of nitrogens with two attached hydrogens (primary N) is 1. The lowest BCUT2D eigenvalue weighted by atomic mass is 9.90. The van der Waals surface area contributed by atoms with Gasteiger partial charge >= 0.3 is 0 Å². The molecule has 0 amide bonds. The molecule has 0 unspecified atom stereocenters. The van der Waals surface area contributed by atoms with E-state index in [0.717, 1.165) is 23.9 Å². The molecule has 1 aliphatic rings. The number of rotatable bonds is 5. The van der Waals surface area contributed by atoms with Gasteiger partial charge in [0.25, 0.3) is 0 Å². The smallest absolute Gasteiger partial charge is 0.232 e. The van der Waals surface area contributed by atoms with Crippen molar-refractivity contribution in [2.24, 2.45) is 5.73 Å². The summed E-state index contributed by atoms with van der Waals surface area (Å²) in [6.07, 6.45) is 5.24. The summed E-state index contributed by atoms with van der Waals surface area (Å²) in [7, 11) is 0. The van der Waals surface area contributed by atoms with E-state index < -0.39 is 0 Å². The minimum absolute atomic E-state index is 0.128. The van der Waals surface area contributed by atoms with Crippen molar-refractivity contribution in [2.45, 2.75) is 31.9 Å². The standard InChI is InChI=1S/C19H19N5O3/c1-2-25-19-13-9-16(27-15(13)5-6-21-19)14-10-22-17-3-4-18(23-24(14)17)26-12-7-11(20)8-12/h3-6,9-12H,2,7-8,20H2,1H3. The summed E-state index contributed by atoms with van der Waals surface area (Å²) in [5, 5.41) is 5.39. The van der Waals surface area contributed by atoms with Crippen LogP contribution in [-0.4, -0.2) is 38.3 Å². The van der Waals surface area contributed by atoms with Gasteiger partial charge in [0.15, 0.2) is 11.4 Å². The Morgan fingerprint density at radius 1 is 1.26 bits per heavy atom. The van der Waals surface area contributed by atoms with Crippen molar-refractivity contribution in [1.82, 2.24) is 19.6 Å². The predicted octanol–water partition coefficient (Wildman–Crippen LogP) is 2.80. The number of imidazole rings is 1. The first-order chi connectivity index (χ1) is 13.2. The predicted molar refractivity (Wildman–Crippen MR) is 98.8 cm³/mol. The third kappa shape index (κ3) is 2.78. The Bertz CT molecular complexity index is 1110. The highest BCUT2D eigenvalue weighted by Crippen LogP contribution is 2.32. The lowest BCUT2D eigenvalue weighted by Crippen LogP contribution is -2.43. The number of nitrogens with zero attached hydrogens (tertiary/aromatic N) is 4. The fraction of sp³-hybridized carbons (Fsp3) is 0.316. The molecule has 4 aromatic heterocycles.